The van der Waals surface area contributed by atoms with Crippen molar-refractivity contribution in [3.63, 3.8) is 0 Å². The number of aliphatic imine (C=N–C) groups is 1. The molecule has 0 spiro atoms. The van der Waals surface area contributed by atoms with Gasteiger partial charge in [0.05, 0.1) is 32.1 Å². The van der Waals surface area contributed by atoms with E-state index >= 15 is 0 Å². The van der Waals surface area contributed by atoms with Crippen molar-refractivity contribution in [2.24, 2.45) is 4.99 Å². The molecule has 0 unspecified atom stereocenters. The van der Waals surface area contributed by atoms with Crippen LogP contribution in [0.3, 0.4) is 0 Å². The molecule has 1 rings (SSSR count). The number of nitrogens with one attached hydrogen (secondary N) is 2. The Kier molecular flexibility index (Phi) is 11.7. The summed E-state index contributed by atoms with van der Waals surface area (Å²) in [6, 6.07) is 0. The van der Waals surface area contributed by atoms with Crippen molar-refractivity contribution in [2.45, 2.75) is 47.0 Å². The van der Waals surface area contributed by atoms with Gasteiger partial charge in [-0.05, 0) is 33.6 Å². The minimum Gasteiger partial charge on any atom is -0.379 e. The molecule has 1 aromatic heterocycles. The summed E-state index contributed by atoms with van der Waals surface area (Å²) in [6.07, 6.45) is 3.12. The van der Waals surface area contributed by atoms with Gasteiger partial charge in [-0.25, -0.2) is 0 Å². The topological polar surface area (TPSA) is 80.9 Å². The molecule has 25 heavy (non-hydrogen) atoms. The predicted octanol–water partition coefficient (Wildman–Crippen LogP) is 2.22. The number of unbranched alkanes of at least 4 members (excludes halogenated alkanes) is 1. The van der Waals surface area contributed by atoms with E-state index in [4.69, 9.17) is 14.0 Å². The molecule has 1 aromatic rings. The number of hydrogen-bond donors (Lipinski definition) is 2. The normalized spacial score (nSPS) is 11.8. The molecular weight excluding hydrogens is 320 g/mol. The van der Waals surface area contributed by atoms with Gasteiger partial charge in [-0.15, -0.1) is 0 Å². The lowest BCUT2D eigenvalue weighted by molar-refractivity contribution is 0.0497. The predicted molar refractivity (Wildman–Crippen MR) is 100 cm³/mol. The number of ether oxygens (including phenoxy) is 2. The third kappa shape index (κ3) is 9.45. The van der Waals surface area contributed by atoms with Crippen LogP contribution in [0.2, 0.25) is 0 Å². The average Bonchev–Trinajstić information content (AvgIpc) is 2.92. The molecule has 0 radical (unpaired) electrons. The zero-order valence-corrected chi connectivity index (χ0v) is 16.2. The Morgan fingerprint density at radius 1 is 1.08 bits per heavy atom. The lowest BCUT2D eigenvalue weighted by Gasteiger charge is -2.11. The second kappa shape index (κ2) is 13.7. The smallest absolute Gasteiger partial charge is 0.191 e. The second-order valence-corrected chi connectivity index (χ2v) is 5.82. The van der Waals surface area contributed by atoms with E-state index in [0.717, 1.165) is 61.9 Å². The molecule has 0 bridgehead atoms. The molecule has 0 atom stereocenters. The highest BCUT2D eigenvalue weighted by Gasteiger charge is 2.08. The van der Waals surface area contributed by atoms with Gasteiger partial charge in [-0.2, -0.15) is 0 Å². The Morgan fingerprint density at radius 2 is 1.84 bits per heavy atom. The third-order valence-electron chi connectivity index (χ3n) is 3.71. The van der Waals surface area contributed by atoms with Crippen molar-refractivity contribution in [3.05, 3.63) is 17.0 Å². The number of nitrogens with zero attached hydrogens (tertiary/aromatic N) is 2. The molecule has 7 nitrogen and oxygen atoms in total. The van der Waals surface area contributed by atoms with Crippen molar-refractivity contribution in [1.82, 2.24) is 15.8 Å². The van der Waals surface area contributed by atoms with Crippen molar-refractivity contribution in [2.75, 3.05) is 46.1 Å². The molecule has 144 valence electrons. The Bertz CT molecular complexity index is 469. The lowest BCUT2D eigenvalue weighted by Crippen LogP contribution is -2.38. The number of rotatable bonds is 13. The van der Waals surface area contributed by atoms with Crippen LogP contribution in [0.4, 0.5) is 0 Å². The summed E-state index contributed by atoms with van der Waals surface area (Å²) in [5.74, 6) is 1.69. The van der Waals surface area contributed by atoms with Crippen LogP contribution in [-0.4, -0.2) is 57.2 Å². The van der Waals surface area contributed by atoms with E-state index in [0.29, 0.717) is 26.4 Å². The van der Waals surface area contributed by atoms with Gasteiger partial charge in [0.1, 0.15) is 5.76 Å². The Balaban J connectivity index is 2.18. The van der Waals surface area contributed by atoms with Crippen LogP contribution in [-0.2, 0) is 15.9 Å². The number of hydrogen-bond acceptors (Lipinski definition) is 5. The van der Waals surface area contributed by atoms with Gasteiger partial charge in [-0.3, -0.25) is 4.99 Å². The van der Waals surface area contributed by atoms with E-state index in [-0.39, 0.29) is 0 Å². The average molecular weight is 354 g/mol. The van der Waals surface area contributed by atoms with Crippen LogP contribution >= 0.6 is 0 Å². The maximum atomic E-state index is 5.53. The summed E-state index contributed by atoms with van der Waals surface area (Å²) in [5.41, 5.74) is 2.12. The first kappa shape index (κ1) is 21.4. The van der Waals surface area contributed by atoms with E-state index in [1.165, 1.54) is 0 Å². The van der Waals surface area contributed by atoms with Gasteiger partial charge in [0.25, 0.3) is 0 Å². The van der Waals surface area contributed by atoms with Crippen LogP contribution in [0, 0.1) is 13.8 Å². The summed E-state index contributed by atoms with van der Waals surface area (Å²) < 4.78 is 16.2. The van der Waals surface area contributed by atoms with Gasteiger partial charge in [0, 0.05) is 25.3 Å². The highest BCUT2D eigenvalue weighted by Crippen LogP contribution is 2.11. The molecule has 7 heteroatoms. The van der Waals surface area contributed by atoms with Crippen LogP contribution in [0.25, 0.3) is 0 Å². The molecule has 0 amide bonds. The van der Waals surface area contributed by atoms with E-state index in [1.54, 1.807) is 0 Å². The monoisotopic (exact) mass is 354 g/mol. The highest BCUT2D eigenvalue weighted by atomic mass is 16.5. The lowest BCUT2D eigenvalue weighted by atomic mass is 10.1. The van der Waals surface area contributed by atoms with Gasteiger partial charge in [0.15, 0.2) is 5.96 Å². The molecule has 1 heterocycles. The molecular formula is C18H34N4O3. The largest absolute Gasteiger partial charge is 0.379 e. The van der Waals surface area contributed by atoms with Gasteiger partial charge in [0.2, 0.25) is 0 Å². The first-order chi connectivity index (χ1) is 12.2. The van der Waals surface area contributed by atoms with Crippen molar-refractivity contribution in [3.8, 4) is 0 Å². The van der Waals surface area contributed by atoms with Crippen LogP contribution in [0.1, 0.15) is 43.7 Å². The van der Waals surface area contributed by atoms with Crippen LogP contribution in [0.5, 0.6) is 0 Å². The molecule has 0 saturated heterocycles. The van der Waals surface area contributed by atoms with Gasteiger partial charge < -0.3 is 24.6 Å². The summed E-state index contributed by atoms with van der Waals surface area (Å²) in [6.45, 7) is 13.0. The molecule has 0 saturated carbocycles. The van der Waals surface area contributed by atoms with Gasteiger partial charge >= 0.3 is 0 Å². The SMILES string of the molecule is CCCCOCCOCCN=C(NCC)NCCc1c(C)noc1C. The number of guanidine groups is 1. The minimum atomic E-state index is 0.595. The van der Waals surface area contributed by atoms with E-state index in [2.05, 4.69) is 34.6 Å². The van der Waals surface area contributed by atoms with Gasteiger partial charge in [-0.1, -0.05) is 18.5 Å². The number of aryl methyl sites for hydroxylation is 2. The van der Waals surface area contributed by atoms with E-state index < -0.39 is 0 Å². The van der Waals surface area contributed by atoms with Crippen molar-refractivity contribution >= 4 is 5.96 Å². The fourth-order valence-corrected chi connectivity index (χ4v) is 2.30. The molecule has 2 N–H and O–H groups in total. The minimum absolute atomic E-state index is 0.595. The van der Waals surface area contributed by atoms with E-state index in [9.17, 15) is 0 Å². The maximum absolute atomic E-state index is 5.53. The van der Waals surface area contributed by atoms with Crippen LogP contribution in [0.15, 0.2) is 9.52 Å². The standard InChI is InChI=1S/C18H34N4O3/c1-5-7-11-23-13-14-24-12-10-21-18(19-6-2)20-9-8-17-15(3)22-25-16(17)4/h5-14H2,1-4H3,(H2,19,20,21). The highest BCUT2D eigenvalue weighted by molar-refractivity contribution is 5.79. The zero-order valence-electron chi connectivity index (χ0n) is 16.2. The fraction of sp³-hybridized carbons (Fsp3) is 0.778. The fourth-order valence-electron chi connectivity index (χ4n) is 2.30. The Hall–Kier alpha value is -1.60. The molecule has 0 aliphatic rings. The maximum Gasteiger partial charge on any atom is 0.191 e. The zero-order chi connectivity index (χ0) is 18.3. The van der Waals surface area contributed by atoms with Crippen molar-refractivity contribution < 1.29 is 14.0 Å². The quantitative estimate of drug-likeness (QED) is 0.321. The summed E-state index contributed by atoms with van der Waals surface area (Å²) >= 11 is 0. The summed E-state index contributed by atoms with van der Waals surface area (Å²) in [5, 5.41) is 10.5. The summed E-state index contributed by atoms with van der Waals surface area (Å²) in [7, 11) is 0. The molecule has 0 fully saturated rings. The number of aromatic nitrogens is 1. The van der Waals surface area contributed by atoms with Crippen LogP contribution < -0.4 is 10.6 Å². The molecule has 0 aliphatic carbocycles. The first-order valence-corrected chi connectivity index (χ1v) is 9.28. The molecule has 0 aliphatic heterocycles. The third-order valence-corrected chi connectivity index (χ3v) is 3.71. The molecule has 0 aromatic carbocycles. The first-order valence-electron chi connectivity index (χ1n) is 9.28. The van der Waals surface area contributed by atoms with E-state index in [1.807, 2.05) is 13.8 Å². The summed E-state index contributed by atoms with van der Waals surface area (Å²) in [4.78, 5) is 4.51. The second-order valence-electron chi connectivity index (χ2n) is 5.82. The Labute approximate surface area is 151 Å². The Morgan fingerprint density at radius 3 is 2.48 bits per heavy atom. The van der Waals surface area contributed by atoms with Crippen molar-refractivity contribution in [1.29, 1.82) is 0 Å².